The molecule has 1 fully saturated rings. The average Bonchev–Trinajstić information content (AvgIpc) is 2.47. The van der Waals surface area contributed by atoms with E-state index in [9.17, 15) is 4.79 Å². The van der Waals surface area contributed by atoms with E-state index in [1.165, 1.54) is 0 Å². The van der Waals surface area contributed by atoms with Gasteiger partial charge in [-0.3, -0.25) is 9.79 Å². The van der Waals surface area contributed by atoms with Crippen LogP contribution in [0.4, 0.5) is 0 Å². The number of carboxylic acids is 1. The Kier molecular flexibility index (Phi) is 1.92. The lowest BCUT2D eigenvalue weighted by atomic mass is 9.91. The molecule has 2 aliphatic heterocycles. The van der Waals surface area contributed by atoms with E-state index in [0.717, 1.165) is 11.3 Å². The Hall–Kier alpha value is -0.770. The molecule has 2 rings (SSSR count). The molecule has 0 saturated carbocycles. The molecular weight excluding hydrogens is 174 g/mol. The molecule has 12 heavy (non-hydrogen) atoms. The van der Waals surface area contributed by atoms with Gasteiger partial charge in [0.05, 0.1) is 5.92 Å². The number of nitrogens with zero attached hydrogens (tertiary/aromatic N) is 1. The minimum Gasteiger partial charge on any atom is -0.481 e. The third kappa shape index (κ3) is 1.16. The zero-order valence-corrected chi connectivity index (χ0v) is 7.25. The molecule has 64 valence electrons. The first-order valence-corrected chi connectivity index (χ1v) is 4.85. The van der Waals surface area contributed by atoms with Crippen LogP contribution in [0.15, 0.2) is 16.1 Å². The van der Waals surface area contributed by atoms with Gasteiger partial charge in [0.2, 0.25) is 0 Å². The van der Waals surface area contributed by atoms with Crippen molar-refractivity contribution in [3.05, 3.63) is 11.1 Å². The quantitative estimate of drug-likeness (QED) is 0.668. The van der Waals surface area contributed by atoms with Crippen molar-refractivity contribution in [2.24, 2.45) is 16.8 Å². The summed E-state index contributed by atoms with van der Waals surface area (Å²) >= 11 is 1.63. The molecule has 1 saturated heterocycles. The van der Waals surface area contributed by atoms with Crippen LogP contribution in [0.1, 0.15) is 6.42 Å². The molecule has 0 aromatic carbocycles. The number of hydrogen-bond acceptors (Lipinski definition) is 3. The van der Waals surface area contributed by atoms with Crippen molar-refractivity contribution in [2.45, 2.75) is 6.42 Å². The number of aliphatic imine (C=N–C) groups is 1. The second-order valence-electron chi connectivity index (χ2n) is 2.96. The van der Waals surface area contributed by atoms with Crippen molar-refractivity contribution >= 4 is 23.9 Å². The van der Waals surface area contributed by atoms with Crippen molar-refractivity contribution in [1.82, 2.24) is 0 Å². The molecule has 1 N–H and O–H groups in total. The minimum absolute atomic E-state index is 0.199. The molecule has 3 nitrogen and oxygen atoms in total. The van der Waals surface area contributed by atoms with Crippen LogP contribution in [-0.2, 0) is 4.79 Å². The summed E-state index contributed by atoms with van der Waals surface area (Å²) in [6, 6.07) is 0. The molecule has 0 radical (unpaired) electrons. The van der Waals surface area contributed by atoms with Gasteiger partial charge in [-0.2, -0.15) is 0 Å². The largest absolute Gasteiger partial charge is 0.481 e. The van der Waals surface area contributed by atoms with Crippen LogP contribution in [0.25, 0.3) is 0 Å². The number of thioether (sulfide) groups is 1. The van der Waals surface area contributed by atoms with Crippen molar-refractivity contribution in [1.29, 1.82) is 0 Å². The summed E-state index contributed by atoms with van der Waals surface area (Å²) in [5.74, 6) is 0.0269. The monoisotopic (exact) mass is 183 g/mol. The predicted octanol–water partition coefficient (Wildman–Crippen LogP) is 1.37. The van der Waals surface area contributed by atoms with Gasteiger partial charge >= 0.3 is 5.97 Å². The van der Waals surface area contributed by atoms with Crippen molar-refractivity contribution in [3.8, 4) is 0 Å². The Balaban J connectivity index is 2.20. The van der Waals surface area contributed by atoms with Gasteiger partial charge in [-0.25, -0.2) is 0 Å². The summed E-state index contributed by atoms with van der Waals surface area (Å²) in [6.07, 6.45) is 4.38. The molecule has 0 bridgehead atoms. The Labute approximate surface area is 74.6 Å². The fourth-order valence-electron chi connectivity index (χ4n) is 1.56. The smallest absolute Gasteiger partial charge is 0.308 e. The molecule has 0 amide bonds. The third-order valence-electron chi connectivity index (χ3n) is 2.26. The normalized spacial score (nSPS) is 32.8. The zero-order valence-electron chi connectivity index (χ0n) is 6.43. The first kappa shape index (κ1) is 7.86. The van der Waals surface area contributed by atoms with Crippen molar-refractivity contribution < 1.29 is 9.90 Å². The fraction of sp³-hybridized carbons (Fsp3) is 0.500. The summed E-state index contributed by atoms with van der Waals surface area (Å²) in [5.41, 5.74) is 0. The van der Waals surface area contributed by atoms with Crippen LogP contribution in [0.3, 0.4) is 0 Å². The number of aliphatic carboxylic acids is 1. The molecule has 0 aliphatic carbocycles. The molecule has 2 atom stereocenters. The number of hydrogen-bond donors (Lipinski definition) is 1. The molecule has 4 heteroatoms. The summed E-state index contributed by atoms with van der Waals surface area (Å²) in [5, 5.41) is 8.87. The highest BCUT2D eigenvalue weighted by molar-refractivity contribution is 8.03. The molecule has 0 spiro atoms. The second kappa shape index (κ2) is 2.94. The van der Waals surface area contributed by atoms with Crippen molar-refractivity contribution in [2.75, 3.05) is 5.75 Å². The van der Waals surface area contributed by atoms with E-state index >= 15 is 0 Å². The molecule has 2 unspecified atom stereocenters. The van der Waals surface area contributed by atoms with E-state index in [2.05, 4.69) is 4.99 Å². The van der Waals surface area contributed by atoms with Gasteiger partial charge in [-0.05, 0) is 6.42 Å². The maximum atomic E-state index is 10.8. The Morgan fingerprint density at radius 1 is 1.75 bits per heavy atom. The van der Waals surface area contributed by atoms with Gasteiger partial charge in [0.15, 0.2) is 0 Å². The van der Waals surface area contributed by atoms with Gasteiger partial charge in [0.1, 0.15) is 0 Å². The summed E-state index contributed by atoms with van der Waals surface area (Å²) in [7, 11) is 0. The van der Waals surface area contributed by atoms with Crippen LogP contribution in [0.5, 0.6) is 0 Å². The standard InChI is InChI=1S/C8H9NO2S/c10-8(11)6-4-12-7-3-9-2-1-5(6)7/h2-3,5-6H,1,4H2,(H,10,11). The Morgan fingerprint density at radius 3 is 3.33 bits per heavy atom. The molecule has 2 aliphatic rings. The zero-order chi connectivity index (χ0) is 8.55. The van der Waals surface area contributed by atoms with Crippen LogP contribution >= 0.6 is 11.8 Å². The van der Waals surface area contributed by atoms with Gasteiger partial charge in [0.25, 0.3) is 0 Å². The number of fused-ring (bicyclic) bond motifs is 1. The summed E-state index contributed by atoms with van der Waals surface area (Å²) in [6.45, 7) is 0. The van der Waals surface area contributed by atoms with Gasteiger partial charge in [0, 0.05) is 29.0 Å². The minimum atomic E-state index is -0.675. The number of carboxylic acid groups (broad SMARTS) is 1. The van der Waals surface area contributed by atoms with Crippen molar-refractivity contribution in [3.63, 3.8) is 0 Å². The number of allylic oxidation sites excluding steroid dienone is 1. The van der Waals surface area contributed by atoms with E-state index in [1.807, 2.05) is 0 Å². The number of rotatable bonds is 1. The lowest BCUT2D eigenvalue weighted by Gasteiger charge is -2.15. The highest BCUT2D eigenvalue weighted by Gasteiger charge is 2.37. The van der Waals surface area contributed by atoms with Crippen LogP contribution in [0.2, 0.25) is 0 Å². The fourth-order valence-corrected chi connectivity index (χ4v) is 2.92. The van der Waals surface area contributed by atoms with E-state index in [-0.39, 0.29) is 11.8 Å². The topological polar surface area (TPSA) is 49.7 Å². The lowest BCUT2D eigenvalue weighted by molar-refractivity contribution is -0.141. The highest BCUT2D eigenvalue weighted by Crippen LogP contribution is 2.43. The number of carbonyl (C=O) groups is 1. The van der Waals surface area contributed by atoms with E-state index in [1.54, 1.807) is 24.2 Å². The Morgan fingerprint density at radius 2 is 2.58 bits per heavy atom. The van der Waals surface area contributed by atoms with Gasteiger partial charge in [-0.15, -0.1) is 11.8 Å². The first-order valence-electron chi connectivity index (χ1n) is 3.86. The van der Waals surface area contributed by atoms with Crippen LogP contribution in [-0.4, -0.2) is 23.0 Å². The van der Waals surface area contributed by atoms with Gasteiger partial charge in [-0.1, -0.05) is 0 Å². The molecular formula is C8H9NO2S. The van der Waals surface area contributed by atoms with Gasteiger partial charge < -0.3 is 5.11 Å². The first-order chi connectivity index (χ1) is 5.79. The summed E-state index contributed by atoms with van der Waals surface area (Å²) in [4.78, 5) is 15.9. The lowest BCUT2D eigenvalue weighted by Crippen LogP contribution is -2.22. The average molecular weight is 183 g/mol. The van der Waals surface area contributed by atoms with Crippen LogP contribution < -0.4 is 0 Å². The van der Waals surface area contributed by atoms with Crippen LogP contribution in [0, 0.1) is 11.8 Å². The van der Waals surface area contributed by atoms with E-state index in [0.29, 0.717) is 5.75 Å². The molecule has 0 aromatic heterocycles. The SMILES string of the molecule is O=C(O)C1CSC2=CN=CCC21. The molecule has 0 aromatic rings. The second-order valence-corrected chi connectivity index (χ2v) is 4.05. The Bertz CT molecular complexity index is 272. The third-order valence-corrected chi connectivity index (χ3v) is 3.53. The maximum absolute atomic E-state index is 10.8. The van der Waals surface area contributed by atoms with E-state index in [4.69, 9.17) is 5.11 Å². The predicted molar refractivity (Wildman–Crippen MR) is 48.3 cm³/mol. The summed E-state index contributed by atoms with van der Waals surface area (Å²) < 4.78 is 0. The molecule has 2 heterocycles. The maximum Gasteiger partial charge on any atom is 0.308 e. The van der Waals surface area contributed by atoms with E-state index < -0.39 is 5.97 Å². The highest BCUT2D eigenvalue weighted by atomic mass is 32.2.